The van der Waals surface area contributed by atoms with Crippen molar-refractivity contribution >= 4 is 10.2 Å². The van der Waals surface area contributed by atoms with Crippen molar-refractivity contribution in [3.05, 3.63) is 0 Å². The second kappa shape index (κ2) is 5.62. The minimum atomic E-state index is -3.36. The average molecular weight is 223 g/mol. The molecule has 0 aliphatic carbocycles. The molecule has 6 nitrogen and oxygen atoms in total. The van der Waals surface area contributed by atoms with Crippen LogP contribution in [0.1, 0.15) is 6.42 Å². The lowest BCUT2D eigenvalue weighted by molar-refractivity contribution is 0.204. The molecule has 0 aromatic rings. The molecule has 0 spiro atoms. The molecule has 1 rings (SSSR count). The van der Waals surface area contributed by atoms with Crippen LogP contribution in [-0.4, -0.2) is 47.8 Å². The molecule has 0 aromatic heterocycles. The Labute approximate surface area is 84.6 Å². The summed E-state index contributed by atoms with van der Waals surface area (Å²) in [6.07, 6.45) is 0.838. The lowest BCUT2D eigenvalue weighted by atomic mass is 10.3. The lowest BCUT2D eigenvalue weighted by Gasteiger charge is -2.12. The molecule has 0 saturated carbocycles. The van der Waals surface area contributed by atoms with Gasteiger partial charge in [-0.2, -0.15) is 17.9 Å². The topological polar surface area (TPSA) is 79.5 Å². The van der Waals surface area contributed by atoms with E-state index < -0.39 is 10.2 Å². The van der Waals surface area contributed by atoms with Gasteiger partial charge in [0, 0.05) is 26.2 Å². The summed E-state index contributed by atoms with van der Waals surface area (Å²) in [6.45, 7) is 2.24. The van der Waals surface area contributed by atoms with E-state index in [0.29, 0.717) is 19.7 Å². The first-order chi connectivity index (χ1) is 6.64. The Bertz CT molecular complexity index is 249. The SMILES string of the molecule is COCCNS(=O)(=O)N[C@@H]1CCNC1. The number of methoxy groups -OCH3 is 1. The Kier molecular flexibility index (Phi) is 4.76. The first kappa shape index (κ1) is 11.9. The Balaban J connectivity index is 2.26. The van der Waals surface area contributed by atoms with Gasteiger partial charge in [-0.3, -0.25) is 0 Å². The van der Waals surface area contributed by atoms with E-state index in [1.165, 1.54) is 7.11 Å². The van der Waals surface area contributed by atoms with E-state index in [9.17, 15) is 8.42 Å². The average Bonchev–Trinajstić information content (AvgIpc) is 2.56. The molecule has 0 unspecified atom stereocenters. The second-order valence-electron chi connectivity index (χ2n) is 3.20. The monoisotopic (exact) mass is 223 g/mol. The van der Waals surface area contributed by atoms with Crippen LogP contribution in [0.2, 0.25) is 0 Å². The highest BCUT2D eigenvalue weighted by molar-refractivity contribution is 7.87. The summed E-state index contributed by atoms with van der Waals surface area (Å²) in [7, 11) is -1.83. The number of nitrogens with one attached hydrogen (secondary N) is 3. The van der Waals surface area contributed by atoms with Crippen molar-refractivity contribution in [2.75, 3.05) is 33.4 Å². The van der Waals surface area contributed by atoms with Crippen molar-refractivity contribution in [3.8, 4) is 0 Å². The van der Waals surface area contributed by atoms with Crippen molar-refractivity contribution in [2.45, 2.75) is 12.5 Å². The van der Waals surface area contributed by atoms with E-state index in [4.69, 9.17) is 4.74 Å². The van der Waals surface area contributed by atoms with E-state index >= 15 is 0 Å². The highest BCUT2D eigenvalue weighted by Gasteiger charge is 2.20. The van der Waals surface area contributed by atoms with Crippen LogP contribution in [0, 0.1) is 0 Å². The largest absolute Gasteiger partial charge is 0.383 e. The predicted molar refractivity (Wildman–Crippen MR) is 53.2 cm³/mol. The van der Waals surface area contributed by atoms with E-state index in [1.54, 1.807) is 0 Å². The highest BCUT2D eigenvalue weighted by atomic mass is 32.2. The third-order valence-corrected chi connectivity index (χ3v) is 3.21. The summed E-state index contributed by atoms with van der Waals surface area (Å²) in [6, 6.07) is 0.00930. The zero-order chi connectivity index (χ0) is 10.4. The van der Waals surface area contributed by atoms with Gasteiger partial charge in [-0.25, -0.2) is 0 Å². The van der Waals surface area contributed by atoms with Crippen molar-refractivity contribution < 1.29 is 13.2 Å². The van der Waals surface area contributed by atoms with Gasteiger partial charge in [0.1, 0.15) is 0 Å². The fourth-order valence-electron chi connectivity index (χ4n) is 1.29. The summed E-state index contributed by atoms with van der Waals surface area (Å²) in [4.78, 5) is 0. The molecular formula is C7H17N3O3S. The molecule has 1 fully saturated rings. The fourth-order valence-corrected chi connectivity index (χ4v) is 2.37. The van der Waals surface area contributed by atoms with E-state index in [-0.39, 0.29) is 6.04 Å². The van der Waals surface area contributed by atoms with Crippen molar-refractivity contribution in [2.24, 2.45) is 0 Å². The van der Waals surface area contributed by atoms with Gasteiger partial charge in [-0.1, -0.05) is 0 Å². The standard InChI is InChI=1S/C7H17N3O3S/c1-13-5-4-9-14(11,12)10-7-2-3-8-6-7/h7-10H,2-6H2,1H3/t7-/m1/s1. The van der Waals surface area contributed by atoms with Crippen molar-refractivity contribution in [1.29, 1.82) is 0 Å². The third kappa shape index (κ3) is 4.34. The molecule has 3 N–H and O–H groups in total. The molecule has 7 heteroatoms. The summed E-state index contributed by atoms with van der Waals surface area (Å²) in [5.41, 5.74) is 0. The number of hydrogen-bond acceptors (Lipinski definition) is 4. The number of hydrogen-bond donors (Lipinski definition) is 3. The molecular weight excluding hydrogens is 206 g/mol. The van der Waals surface area contributed by atoms with Gasteiger partial charge in [-0.15, -0.1) is 0 Å². The van der Waals surface area contributed by atoms with E-state index in [0.717, 1.165) is 13.0 Å². The second-order valence-corrected chi connectivity index (χ2v) is 4.73. The highest BCUT2D eigenvalue weighted by Crippen LogP contribution is 1.97. The van der Waals surface area contributed by atoms with Gasteiger partial charge < -0.3 is 10.1 Å². The third-order valence-electron chi connectivity index (χ3n) is 1.98. The van der Waals surface area contributed by atoms with Crippen LogP contribution in [0.4, 0.5) is 0 Å². The molecule has 1 heterocycles. The molecule has 1 saturated heterocycles. The van der Waals surface area contributed by atoms with Crippen LogP contribution in [0.15, 0.2) is 0 Å². The number of rotatable bonds is 6. The van der Waals surface area contributed by atoms with Crippen molar-refractivity contribution in [1.82, 2.24) is 14.8 Å². The van der Waals surface area contributed by atoms with Gasteiger partial charge in [0.05, 0.1) is 6.61 Å². The first-order valence-corrected chi connectivity index (χ1v) is 6.09. The lowest BCUT2D eigenvalue weighted by Crippen LogP contribution is -2.44. The predicted octanol–water partition coefficient (Wildman–Crippen LogP) is -1.58. The Morgan fingerprint density at radius 1 is 1.57 bits per heavy atom. The fraction of sp³-hybridized carbons (Fsp3) is 1.00. The van der Waals surface area contributed by atoms with Crippen LogP contribution < -0.4 is 14.8 Å². The van der Waals surface area contributed by atoms with Crippen LogP contribution >= 0.6 is 0 Å². The summed E-state index contributed by atoms with van der Waals surface area (Å²) in [5, 5.41) is 3.08. The van der Waals surface area contributed by atoms with Gasteiger partial charge >= 0.3 is 0 Å². The van der Waals surface area contributed by atoms with E-state index in [2.05, 4.69) is 14.8 Å². The normalized spacial score (nSPS) is 22.8. The van der Waals surface area contributed by atoms with Gasteiger partial charge in [0.15, 0.2) is 0 Å². The van der Waals surface area contributed by atoms with Crippen molar-refractivity contribution in [3.63, 3.8) is 0 Å². The molecule has 0 amide bonds. The molecule has 1 aliphatic heterocycles. The minimum Gasteiger partial charge on any atom is -0.383 e. The zero-order valence-electron chi connectivity index (χ0n) is 8.25. The van der Waals surface area contributed by atoms with Crippen LogP contribution in [0.3, 0.4) is 0 Å². The zero-order valence-corrected chi connectivity index (χ0v) is 9.06. The molecule has 0 radical (unpaired) electrons. The maximum absolute atomic E-state index is 11.4. The Morgan fingerprint density at radius 2 is 2.36 bits per heavy atom. The molecule has 84 valence electrons. The summed E-state index contributed by atoms with van der Waals surface area (Å²) < 4.78 is 32.4. The summed E-state index contributed by atoms with van der Waals surface area (Å²) >= 11 is 0. The molecule has 1 atom stereocenters. The van der Waals surface area contributed by atoms with E-state index in [1.807, 2.05) is 0 Å². The van der Waals surface area contributed by atoms with Crippen LogP contribution in [0.5, 0.6) is 0 Å². The Morgan fingerprint density at radius 3 is 2.93 bits per heavy atom. The van der Waals surface area contributed by atoms with Gasteiger partial charge in [0.2, 0.25) is 0 Å². The molecule has 0 aromatic carbocycles. The first-order valence-electron chi connectivity index (χ1n) is 4.60. The quantitative estimate of drug-likeness (QED) is 0.475. The van der Waals surface area contributed by atoms with Crippen LogP contribution in [0.25, 0.3) is 0 Å². The van der Waals surface area contributed by atoms with Crippen LogP contribution in [-0.2, 0) is 14.9 Å². The number of ether oxygens (including phenoxy) is 1. The molecule has 14 heavy (non-hydrogen) atoms. The minimum absolute atomic E-state index is 0.00930. The smallest absolute Gasteiger partial charge is 0.277 e. The van der Waals surface area contributed by atoms with Gasteiger partial charge in [0.25, 0.3) is 10.2 Å². The maximum atomic E-state index is 11.4. The van der Waals surface area contributed by atoms with Gasteiger partial charge in [-0.05, 0) is 13.0 Å². The maximum Gasteiger partial charge on any atom is 0.277 e. The Hall–Kier alpha value is -0.210. The summed E-state index contributed by atoms with van der Waals surface area (Å²) in [5.74, 6) is 0. The molecule has 1 aliphatic rings. The molecule has 0 bridgehead atoms.